The van der Waals surface area contributed by atoms with Gasteiger partial charge in [0.2, 0.25) is 0 Å². The van der Waals surface area contributed by atoms with Crippen LogP contribution in [0.1, 0.15) is 61.9 Å². The van der Waals surface area contributed by atoms with Crippen LogP contribution in [0.25, 0.3) is 32.8 Å². The van der Waals surface area contributed by atoms with E-state index in [2.05, 4.69) is 47.4 Å². The summed E-state index contributed by atoms with van der Waals surface area (Å²) < 4.78 is 19.1. The van der Waals surface area contributed by atoms with Crippen LogP contribution in [0.15, 0.2) is 66.9 Å². The Bertz CT molecular complexity index is 1970. The van der Waals surface area contributed by atoms with Crippen molar-refractivity contribution < 1.29 is 23.8 Å². The molecule has 0 spiro atoms. The summed E-state index contributed by atoms with van der Waals surface area (Å²) in [6, 6.07) is 20.5. The predicted molar refractivity (Wildman–Crippen MR) is 180 cm³/mol. The zero-order valence-corrected chi connectivity index (χ0v) is 26.8. The summed E-state index contributed by atoms with van der Waals surface area (Å²) in [6.45, 7) is 5.63. The number of ether oxygens (including phenoxy) is 3. The van der Waals surface area contributed by atoms with Gasteiger partial charge in [0, 0.05) is 35.6 Å². The van der Waals surface area contributed by atoms with Crippen LogP contribution in [-0.2, 0) is 27.3 Å². The molecule has 2 aromatic heterocycles. The number of anilines is 1. The number of carbonyl (C=O) groups excluding carboxylic acids is 2. The molecule has 47 heavy (non-hydrogen) atoms. The quantitative estimate of drug-likeness (QED) is 0.167. The molecule has 10 nitrogen and oxygen atoms in total. The molecule has 1 saturated carbocycles. The highest BCUT2D eigenvalue weighted by Crippen LogP contribution is 2.44. The molecule has 2 N–H and O–H groups in total. The van der Waals surface area contributed by atoms with E-state index in [1.165, 1.54) is 0 Å². The van der Waals surface area contributed by atoms with E-state index in [-0.39, 0.29) is 31.1 Å². The third kappa shape index (κ3) is 6.19. The van der Waals surface area contributed by atoms with E-state index in [4.69, 9.17) is 25.0 Å². The summed E-state index contributed by atoms with van der Waals surface area (Å²) in [6.07, 6.45) is 4.57. The van der Waals surface area contributed by atoms with E-state index in [1.54, 1.807) is 11.1 Å². The lowest BCUT2D eigenvalue weighted by molar-refractivity contribution is -0.142. The lowest BCUT2D eigenvalue weighted by Gasteiger charge is -2.16. The number of hydrogen-bond donors (Lipinski definition) is 1. The molecular weight excluding hydrogens is 594 g/mol. The minimum absolute atomic E-state index is 0.00869. The average Bonchev–Trinajstić information content (AvgIpc) is 3.69. The number of aromatic nitrogens is 3. The van der Waals surface area contributed by atoms with Gasteiger partial charge >= 0.3 is 12.1 Å². The topological polar surface area (TPSA) is 122 Å². The Labute approximate surface area is 273 Å². The molecule has 1 unspecified atom stereocenters. The summed E-state index contributed by atoms with van der Waals surface area (Å²) in [5.74, 6) is 1.35. The summed E-state index contributed by atoms with van der Waals surface area (Å²) in [5.41, 5.74) is 12.0. The minimum atomic E-state index is -0.299. The number of fused-ring (bicyclic) bond motifs is 2. The normalized spacial score (nSPS) is 16.1. The zero-order valence-electron chi connectivity index (χ0n) is 26.8. The highest BCUT2D eigenvalue weighted by Gasteiger charge is 2.31. The smallest absolute Gasteiger partial charge is 0.409 e. The van der Waals surface area contributed by atoms with Gasteiger partial charge in [-0.05, 0) is 91.4 Å². The van der Waals surface area contributed by atoms with Crippen molar-refractivity contribution in [2.75, 3.05) is 32.0 Å². The number of benzene rings is 3. The molecule has 0 bridgehead atoms. The molecule has 1 atom stereocenters. The molecule has 0 radical (unpaired) electrons. The van der Waals surface area contributed by atoms with Crippen LogP contribution in [0.3, 0.4) is 0 Å². The summed E-state index contributed by atoms with van der Waals surface area (Å²) in [4.78, 5) is 31.1. The van der Waals surface area contributed by atoms with Gasteiger partial charge in [0.15, 0.2) is 0 Å². The van der Waals surface area contributed by atoms with Crippen molar-refractivity contribution >= 4 is 39.6 Å². The average molecular weight is 634 g/mol. The number of likely N-dealkylation sites (tertiary alicyclic amines) is 1. The molecule has 3 aromatic carbocycles. The van der Waals surface area contributed by atoms with Crippen molar-refractivity contribution in [2.24, 2.45) is 0 Å². The third-order valence-electron chi connectivity index (χ3n) is 9.13. The molecule has 2 fully saturated rings. The standard InChI is InChI=1S/C37H39N5O5/c1-3-45-35(43)20-30-28(23-8-9-23)6-5-7-34(30)47-22-32-31-19-26(25-11-10-24-14-16-39-36(38)29(24)18-25)12-13-33(31)42(40-32)27-15-17-41(21-27)37(44)46-4-2/h5-7,10-14,16,18-19,23,27H,3-4,8-9,15,17,20-22H2,1-2H3,(H2,38,39). The number of amides is 1. The van der Waals surface area contributed by atoms with Crippen molar-refractivity contribution in [2.45, 2.75) is 58.1 Å². The SMILES string of the molecule is CCOC(=O)Cc1c(OCc2nn(C3CCN(C(=O)OCC)C3)c3ccc(-c4ccc5ccnc(N)c5c4)cc23)cccc1C1CC1. The Kier molecular flexibility index (Phi) is 8.41. The zero-order chi connectivity index (χ0) is 32.5. The van der Waals surface area contributed by atoms with Crippen LogP contribution in [0.4, 0.5) is 10.6 Å². The lowest BCUT2D eigenvalue weighted by Crippen LogP contribution is -2.29. The van der Waals surface area contributed by atoms with Gasteiger partial charge in [-0.15, -0.1) is 0 Å². The molecule has 242 valence electrons. The second-order valence-corrected chi connectivity index (χ2v) is 12.2. The maximum Gasteiger partial charge on any atom is 0.409 e. The first-order chi connectivity index (χ1) is 22.9. The maximum atomic E-state index is 12.6. The van der Waals surface area contributed by atoms with Crippen LogP contribution in [-0.4, -0.2) is 58.0 Å². The van der Waals surface area contributed by atoms with Gasteiger partial charge < -0.3 is 24.8 Å². The van der Waals surface area contributed by atoms with Crippen LogP contribution in [0.5, 0.6) is 5.75 Å². The van der Waals surface area contributed by atoms with E-state index in [1.807, 2.05) is 36.7 Å². The molecule has 1 aliphatic carbocycles. The Morgan fingerprint density at radius 3 is 2.51 bits per heavy atom. The number of esters is 1. The summed E-state index contributed by atoms with van der Waals surface area (Å²) in [7, 11) is 0. The van der Waals surface area contributed by atoms with Gasteiger partial charge in [-0.1, -0.05) is 30.3 Å². The van der Waals surface area contributed by atoms with E-state index in [0.717, 1.165) is 68.9 Å². The number of nitrogens with zero attached hydrogens (tertiary/aromatic N) is 4. The molecular formula is C37H39N5O5. The predicted octanol–water partition coefficient (Wildman–Crippen LogP) is 6.80. The number of hydrogen-bond acceptors (Lipinski definition) is 8. The largest absolute Gasteiger partial charge is 0.487 e. The molecule has 5 aromatic rings. The van der Waals surface area contributed by atoms with Gasteiger partial charge in [0.25, 0.3) is 0 Å². The van der Waals surface area contributed by atoms with Crippen LogP contribution in [0, 0.1) is 0 Å². The van der Waals surface area contributed by atoms with Crippen molar-refractivity contribution in [3.05, 3.63) is 83.7 Å². The number of carbonyl (C=O) groups is 2. The Morgan fingerprint density at radius 1 is 0.936 bits per heavy atom. The number of pyridine rings is 1. The third-order valence-corrected chi connectivity index (χ3v) is 9.13. The Balaban J connectivity index is 1.26. The van der Waals surface area contributed by atoms with Gasteiger partial charge in [0.1, 0.15) is 23.9 Å². The van der Waals surface area contributed by atoms with Crippen LogP contribution >= 0.6 is 0 Å². The fraction of sp³-hybridized carbons (Fsp3) is 0.351. The monoisotopic (exact) mass is 633 g/mol. The highest BCUT2D eigenvalue weighted by atomic mass is 16.6. The van der Waals surface area contributed by atoms with Gasteiger partial charge in [0.05, 0.1) is 31.2 Å². The van der Waals surface area contributed by atoms with Crippen LogP contribution < -0.4 is 10.5 Å². The van der Waals surface area contributed by atoms with Crippen molar-refractivity contribution in [3.63, 3.8) is 0 Å². The van der Waals surface area contributed by atoms with E-state index in [9.17, 15) is 9.59 Å². The Hall–Kier alpha value is -5.12. The van der Waals surface area contributed by atoms with E-state index in [0.29, 0.717) is 43.8 Å². The number of nitrogen functional groups attached to an aromatic ring is 1. The number of nitrogens with two attached hydrogens (primary N) is 1. The molecule has 7 rings (SSSR count). The van der Waals surface area contributed by atoms with Crippen LogP contribution in [0.2, 0.25) is 0 Å². The van der Waals surface area contributed by atoms with E-state index >= 15 is 0 Å². The lowest BCUT2D eigenvalue weighted by atomic mass is 9.99. The first-order valence-electron chi connectivity index (χ1n) is 16.4. The van der Waals surface area contributed by atoms with Gasteiger partial charge in [-0.3, -0.25) is 9.48 Å². The molecule has 3 heterocycles. The Morgan fingerprint density at radius 2 is 1.72 bits per heavy atom. The fourth-order valence-electron chi connectivity index (χ4n) is 6.65. The van der Waals surface area contributed by atoms with Gasteiger partial charge in [-0.25, -0.2) is 9.78 Å². The number of rotatable bonds is 10. The molecule has 1 aliphatic heterocycles. The molecule has 1 saturated heterocycles. The second-order valence-electron chi connectivity index (χ2n) is 12.2. The maximum absolute atomic E-state index is 12.6. The summed E-state index contributed by atoms with van der Waals surface area (Å²) >= 11 is 0. The molecule has 1 amide bonds. The van der Waals surface area contributed by atoms with Crippen molar-refractivity contribution in [1.29, 1.82) is 0 Å². The van der Waals surface area contributed by atoms with Crippen molar-refractivity contribution in [3.8, 4) is 16.9 Å². The fourth-order valence-corrected chi connectivity index (χ4v) is 6.65. The highest BCUT2D eigenvalue weighted by molar-refractivity contribution is 5.95. The molecule has 10 heteroatoms. The first-order valence-corrected chi connectivity index (χ1v) is 16.4. The van der Waals surface area contributed by atoms with E-state index < -0.39 is 0 Å². The summed E-state index contributed by atoms with van der Waals surface area (Å²) in [5, 5.41) is 8.00. The molecule has 2 aliphatic rings. The van der Waals surface area contributed by atoms with Gasteiger partial charge in [-0.2, -0.15) is 5.10 Å². The first kappa shape index (κ1) is 30.5. The second kappa shape index (κ2) is 12.9. The minimum Gasteiger partial charge on any atom is -0.487 e. The van der Waals surface area contributed by atoms with Crippen molar-refractivity contribution in [1.82, 2.24) is 19.7 Å².